The van der Waals surface area contributed by atoms with Crippen molar-refractivity contribution in [2.24, 2.45) is 0 Å². The average Bonchev–Trinajstić information content (AvgIpc) is 2.66. The number of alkyl halides is 5. The molecule has 0 saturated carbocycles. The maximum absolute atomic E-state index is 14.8. The molecule has 0 fully saturated rings. The number of aryl methyl sites for hydroxylation is 1. The predicted octanol–water partition coefficient (Wildman–Crippen LogP) is 6.82. The first-order valence-electron chi connectivity index (χ1n) is 8.94. The van der Waals surface area contributed by atoms with Crippen LogP contribution in [-0.4, -0.2) is 5.91 Å². The summed E-state index contributed by atoms with van der Waals surface area (Å²) < 4.78 is 111. The first kappa shape index (κ1) is 23.2. The average molecular weight is 459 g/mol. The van der Waals surface area contributed by atoms with Crippen LogP contribution in [-0.2, 0) is 12.1 Å². The highest BCUT2D eigenvalue weighted by Crippen LogP contribution is 2.44. The highest BCUT2D eigenvalue weighted by atomic mass is 19.4. The van der Waals surface area contributed by atoms with Gasteiger partial charge in [0.1, 0.15) is 23.0 Å². The van der Waals surface area contributed by atoms with Crippen LogP contribution < -0.4 is 5.32 Å². The second kappa shape index (κ2) is 8.25. The lowest BCUT2D eigenvalue weighted by atomic mass is 9.95. The number of hydrogen-bond donors (Lipinski definition) is 1. The molecule has 10 heteroatoms. The van der Waals surface area contributed by atoms with Crippen LogP contribution in [0.5, 0.6) is 0 Å². The lowest BCUT2D eigenvalue weighted by Crippen LogP contribution is -2.23. The minimum Gasteiger partial charge on any atom is -0.322 e. The van der Waals surface area contributed by atoms with Crippen LogP contribution in [0.1, 0.15) is 32.6 Å². The normalized spacial score (nSPS) is 12.0. The summed E-state index contributed by atoms with van der Waals surface area (Å²) in [6.07, 6.45) is -5.10. The second-order valence-electron chi connectivity index (χ2n) is 6.87. The number of amides is 1. The van der Waals surface area contributed by atoms with Gasteiger partial charge in [0.05, 0.1) is 11.1 Å². The molecule has 0 aliphatic rings. The van der Waals surface area contributed by atoms with Gasteiger partial charge in [-0.25, -0.2) is 13.2 Å². The molecule has 2 nitrogen and oxygen atoms in total. The van der Waals surface area contributed by atoms with E-state index in [0.717, 1.165) is 30.3 Å². The molecule has 0 aliphatic carbocycles. The van der Waals surface area contributed by atoms with Crippen molar-refractivity contribution in [1.29, 1.82) is 0 Å². The Morgan fingerprint density at radius 1 is 0.750 bits per heavy atom. The quantitative estimate of drug-likeness (QED) is 0.426. The molecule has 0 unspecified atom stereocenters. The number of rotatable bonds is 4. The number of halogens is 8. The van der Waals surface area contributed by atoms with Crippen LogP contribution in [0.15, 0.2) is 54.6 Å². The fourth-order valence-electron chi connectivity index (χ4n) is 3.11. The summed E-state index contributed by atoms with van der Waals surface area (Å²) in [7, 11) is 0. The number of carbonyl (C=O) groups excluding carboxylic acids is 1. The first-order chi connectivity index (χ1) is 14.8. The second-order valence-corrected chi connectivity index (χ2v) is 6.87. The molecule has 0 aromatic heterocycles. The summed E-state index contributed by atoms with van der Waals surface area (Å²) in [5.41, 5.74) is -5.66. The van der Waals surface area contributed by atoms with Crippen LogP contribution in [0.4, 0.5) is 40.8 Å². The molecule has 3 aromatic carbocycles. The molecule has 0 radical (unpaired) electrons. The predicted molar refractivity (Wildman–Crippen MR) is 99.9 cm³/mol. The molecule has 32 heavy (non-hydrogen) atoms. The van der Waals surface area contributed by atoms with E-state index in [1.807, 2.05) is 5.32 Å². The van der Waals surface area contributed by atoms with Crippen molar-refractivity contribution in [2.45, 2.75) is 19.0 Å². The van der Waals surface area contributed by atoms with Gasteiger partial charge in [0.2, 0.25) is 0 Å². The van der Waals surface area contributed by atoms with Gasteiger partial charge in [-0.3, -0.25) is 4.79 Å². The monoisotopic (exact) mass is 459 g/mol. The van der Waals surface area contributed by atoms with Gasteiger partial charge < -0.3 is 5.32 Å². The Kier molecular flexibility index (Phi) is 5.99. The van der Waals surface area contributed by atoms with Crippen LogP contribution in [0.3, 0.4) is 0 Å². The number of benzene rings is 3. The third kappa shape index (κ3) is 4.44. The van der Waals surface area contributed by atoms with Crippen molar-refractivity contribution in [3.8, 4) is 0 Å². The van der Waals surface area contributed by atoms with Gasteiger partial charge in [0, 0.05) is 11.3 Å². The summed E-state index contributed by atoms with van der Waals surface area (Å²) in [4.78, 5) is 12.1. The van der Waals surface area contributed by atoms with E-state index in [2.05, 4.69) is 0 Å². The SMILES string of the molecule is Cc1cc(F)c(C(=O)Nc2ccc(C(F)(F)c3ccccc3C(F)(F)F)c(F)c2)c(F)c1. The Balaban J connectivity index is 1.95. The zero-order valence-electron chi connectivity index (χ0n) is 16.1. The van der Waals surface area contributed by atoms with E-state index < -0.39 is 63.4 Å². The van der Waals surface area contributed by atoms with Gasteiger partial charge in [0.15, 0.2) is 0 Å². The van der Waals surface area contributed by atoms with E-state index in [9.17, 15) is 39.9 Å². The summed E-state index contributed by atoms with van der Waals surface area (Å²) in [6.45, 7) is 1.39. The van der Waals surface area contributed by atoms with E-state index in [0.29, 0.717) is 24.3 Å². The smallest absolute Gasteiger partial charge is 0.322 e. The molecule has 1 amide bonds. The molecule has 0 saturated heterocycles. The fourth-order valence-corrected chi connectivity index (χ4v) is 3.11. The fraction of sp³-hybridized carbons (Fsp3) is 0.136. The maximum atomic E-state index is 14.8. The molecular formula is C22H13F8NO. The van der Waals surface area contributed by atoms with Crippen molar-refractivity contribution in [1.82, 2.24) is 0 Å². The molecule has 3 rings (SSSR count). The summed E-state index contributed by atoms with van der Waals surface area (Å²) in [6, 6.07) is 6.31. The number of carbonyl (C=O) groups is 1. The summed E-state index contributed by atoms with van der Waals surface area (Å²) >= 11 is 0. The molecule has 0 atom stereocenters. The highest BCUT2D eigenvalue weighted by molar-refractivity contribution is 6.04. The van der Waals surface area contributed by atoms with E-state index in [1.165, 1.54) is 6.92 Å². The zero-order valence-corrected chi connectivity index (χ0v) is 16.1. The van der Waals surface area contributed by atoms with Gasteiger partial charge >= 0.3 is 12.1 Å². The van der Waals surface area contributed by atoms with Crippen molar-refractivity contribution in [3.63, 3.8) is 0 Å². The molecule has 0 bridgehead atoms. The van der Waals surface area contributed by atoms with E-state index in [4.69, 9.17) is 0 Å². The van der Waals surface area contributed by atoms with Gasteiger partial charge in [-0.1, -0.05) is 18.2 Å². The molecule has 0 heterocycles. The van der Waals surface area contributed by atoms with Crippen LogP contribution >= 0.6 is 0 Å². The van der Waals surface area contributed by atoms with Crippen molar-refractivity contribution < 1.29 is 39.9 Å². The minimum absolute atomic E-state index is 0.202. The van der Waals surface area contributed by atoms with Crippen molar-refractivity contribution in [3.05, 3.63) is 99.9 Å². The van der Waals surface area contributed by atoms with Gasteiger partial charge in [0.25, 0.3) is 5.91 Å². The third-order valence-corrected chi connectivity index (χ3v) is 4.55. The molecule has 3 aromatic rings. The highest BCUT2D eigenvalue weighted by Gasteiger charge is 2.44. The Morgan fingerprint density at radius 3 is 1.84 bits per heavy atom. The largest absolute Gasteiger partial charge is 0.416 e. The Hall–Kier alpha value is -3.43. The lowest BCUT2D eigenvalue weighted by molar-refractivity contribution is -0.141. The first-order valence-corrected chi connectivity index (χ1v) is 8.94. The van der Waals surface area contributed by atoms with Gasteiger partial charge in [-0.2, -0.15) is 22.0 Å². The standard InChI is InChI=1S/C22H13F8NO/c1-11-8-17(24)19(18(25)9-11)20(32)31-12-6-7-15(16(23)10-12)21(26,27)13-4-2-3-5-14(13)22(28,29)30/h2-10H,1H3,(H,31,32). The zero-order chi connectivity index (χ0) is 23.8. The summed E-state index contributed by atoms with van der Waals surface area (Å²) in [5.74, 6) is -9.68. The Morgan fingerprint density at radius 2 is 1.31 bits per heavy atom. The number of nitrogens with one attached hydrogen (secondary N) is 1. The topological polar surface area (TPSA) is 29.1 Å². The van der Waals surface area contributed by atoms with Crippen LogP contribution in [0.2, 0.25) is 0 Å². The van der Waals surface area contributed by atoms with Crippen LogP contribution in [0.25, 0.3) is 0 Å². The lowest BCUT2D eigenvalue weighted by Gasteiger charge is -2.22. The van der Waals surface area contributed by atoms with E-state index in [-0.39, 0.29) is 5.56 Å². The van der Waals surface area contributed by atoms with Gasteiger partial charge in [-0.05, 0) is 48.9 Å². The van der Waals surface area contributed by atoms with Crippen LogP contribution in [0, 0.1) is 24.4 Å². The molecular weight excluding hydrogens is 446 g/mol. The Labute approximate surface area is 176 Å². The molecule has 0 spiro atoms. The molecule has 1 N–H and O–H groups in total. The molecule has 168 valence electrons. The van der Waals surface area contributed by atoms with Gasteiger partial charge in [-0.15, -0.1) is 0 Å². The summed E-state index contributed by atoms with van der Waals surface area (Å²) in [5, 5.41) is 1.97. The Bertz CT molecular complexity index is 1160. The van der Waals surface area contributed by atoms with E-state index in [1.54, 1.807) is 0 Å². The van der Waals surface area contributed by atoms with Crippen molar-refractivity contribution in [2.75, 3.05) is 5.32 Å². The van der Waals surface area contributed by atoms with Crippen molar-refractivity contribution >= 4 is 11.6 Å². The minimum atomic E-state index is -5.10. The maximum Gasteiger partial charge on any atom is 0.416 e. The van der Waals surface area contributed by atoms with E-state index >= 15 is 0 Å². The number of hydrogen-bond acceptors (Lipinski definition) is 1. The number of anilines is 1. The third-order valence-electron chi connectivity index (χ3n) is 4.55. The molecule has 0 aliphatic heterocycles.